The van der Waals surface area contributed by atoms with Crippen LogP contribution < -0.4 is 5.32 Å². The first-order chi connectivity index (χ1) is 10.7. The van der Waals surface area contributed by atoms with Crippen LogP contribution in [0.1, 0.15) is 16.7 Å². The van der Waals surface area contributed by atoms with Gasteiger partial charge in [-0.1, -0.05) is 72.3 Å². The lowest BCUT2D eigenvalue weighted by Gasteiger charge is -2.08. The van der Waals surface area contributed by atoms with E-state index < -0.39 is 0 Å². The molecule has 0 fully saturated rings. The van der Waals surface area contributed by atoms with Crippen molar-refractivity contribution in [3.8, 4) is 0 Å². The molecule has 0 radical (unpaired) electrons. The van der Waals surface area contributed by atoms with Gasteiger partial charge in [0.05, 0.1) is 6.42 Å². The summed E-state index contributed by atoms with van der Waals surface area (Å²) < 4.78 is 0. The van der Waals surface area contributed by atoms with Crippen LogP contribution in [-0.2, 0) is 17.8 Å². The molecule has 0 aliphatic rings. The summed E-state index contributed by atoms with van der Waals surface area (Å²) in [6.07, 6.45) is 0.410. The predicted molar refractivity (Wildman–Crippen MR) is 90.7 cm³/mol. The number of hydrogen-bond acceptors (Lipinski definition) is 1. The molecule has 0 aliphatic carbocycles. The van der Waals surface area contributed by atoms with Crippen molar-refractivity contribution in [2.24, 2.45) is 0 Å². The van der Waals surface area contributed by atoms with Crippen LogP contribution in [0.15, 0.2) is 66.7 Å². The maximum Gasteiger partial charge on any atom is 0.224 e. The number of amides is 1. The van der Waals surface area contributed by atoms with E-state index in [1.807, 2.05) is 36.4 Å². The van der Waals surface area contributed by atoms with Crippen molar-refractivity contribution in [2.75, 3.05) is 0 Å². The van der Waals surface area contributed by atoms with Crippen LogP contribution in [0.3, 0.4) is 0 Å². The molecule has 0 saturated heterocycles. The largest absolute Gasteiger partial charge is 0.352 e. The smallest absolute Gasteiger partial charge is 0.224 e. The zero-order valence-electron chi connectivity index (χ0n) is 12.7. The Bertz CT molecular complexity index is 785. The van der Waals surface area contributed by atoms with Crippen LogP contribution in [-0.4, -0.2) is 5.91 Å². The van der Waals surface area contributed by atoms with E-state index in [2.05, 4.69) is 42.6 Å². The highest BCUT2D eigenvalue weighted by Gasteiger charge is 2.06. The summed E-state index contributed by atoms with van der Waals surface area (Å²) in [5.74, 6) is 0.0527. The van der Waals surface area contributed by atoms with Crippen LogP contribution >= 0.6 is 0 Å². The van der Waals surface area contributed by atoms with E-state index in [0.29, 0.717) is 13.0 Å². The molecule has 3 aromatic carbocycles. The Kier molecular flexibility index (Phi) is 4.19. The lowest BCUT2D eigenvalue weighted by atomic mass is 10.0. The van der Waals surface area contributed by atoms with Gasteiger partial charge in [-0.25, -0.2) is 0 Å². The lowest BCUT2D eigenvalue weighted by Crippen LogP contribution is -2.24. The summed E-state index contributed by atoms with van der Waals surface area (Å²) in [6, 6.07) is 22.5. The number of hydrogen-bond donors (Lipinski definition) is 1. The Morgan fingerprint density at radius 2 is 1.64 bits per heavy atom. The first-order valence-electron chi connectivity index (χ1n) is 7.51. The zero-order valence-corrected chi connectivity index (χ0v) is 12.7. The summed E-state index contributed by atoms with van der Waals surface area (Å²) in [6.45, 7) is 2.63. The van der Waals surface area contributed by atoms with Crippen molar-refractivity contribution < 1.29 is 4.79 Å². The van der Waals surface area contributed by atoms with E-state index >= 15 is 0 Å². The molecule has 3 aromatic rings. The molecule has 1 amide bonds. The van der Waals surface area contributed by atoms with E-state index in [1.54, 1.807) is 0 Å². The van der Waals surface area contributed by atoms with Gasteiger partial charge in [0.2, 0.25) is 5.91 Å². The van der Waals surface area contributed by atoms with Gasteiger partial charge in [0, 0.05) is 6.54 Å². The molecule has 1 N–H and O–H groups in total. The van der Waals surface area contributed by atoms with Gasteiger partial charge in [-0.05, 0) is 28.8 Å². The Morgan fingerprint density at radius 3 is 2.45 bits per heavy atom. The van der Waals surface area contributed by atoms with Crippen LogP contribution in [0, 0.1) is 6.92 Å². The minimum absolute atomic E-state index is 0.0527. The Balaban J connectivity index is 1.67. The topological polar surface area (TPSA) is 29.1 Å². The van der Waals surface area contributed by atoms with E-state index in [0.717, 1.165) is 16.5 Å². The minimum atomic E-state index is 0.0527. The molecule has 22 heavy (non-hydrogen) atoms. The van der Waals surface area contributed by atoms with Crippen molar-refractivity contribution in [3.05, 3.63) is 83.4 Å². The normalized spacial score (nSPS) is 10.6. The van der Waals surface area contributed by atoms with Gasteiger partial charge in [0.25, 0.3) is 0 Å². The molecule has 0 aliphatic heterocycles. The highest BCUT2D eigenvalue weighted by atomic mass is 16.1. The molecule has 0 unspecified atom stereocenters. The molecule has 0 atom stereocenters. The molecule has 0 bridgehead atoms. The second-order valence-corrected chi connectivity index (χ2v) is 5.58. The SMILES string of the molecule is Cc1ccc(CNC(=O)Cc2cccc3ccccc23)cc1. The summed E-state index contributed by atoms with van der Waals surface area (Å²) in [5, 5.41) is 5.31. The Hall–Kier alpha value is -2.61. The van der Waals surface area contributed by atoms with Gasteiger partial charge in [0.1, 0.15) is 0 Å². The third kappa shape index (κ3) is 3.34. The average Bonchev–Trinajstić information content (AvgIpc) is 2.55. The van der Waals surface area contributed by atoms with Crippen molar-refractivity contribution in [3.63, 3.8) is 0 Å². The molecule has 3 rings (SSSR count). The Labute approximate surface area is 130 Å². The fourth-order valence-corrected chi connectivity index (χ4v) is 2.59. The molecule has 0 spiro atoms. The standard InChI is InChI=1S/C20H19NO/c1-15-9-11-16(12-10-15)14-21-20(22)13-18-7-4-6-17-5-2-3-8-19(17)18/h2-12H,13-14H2,1H3,(H,21,22). The van der Waals surface area contributed by atoms with E-state index in [4.69, 9.17) is 0 Å². The maximum absolute atomic E-state index is 12.2. The van der Waals surface area contributed by atoms with Crippen LogP contribution in [0.2, 0.25) is 0 Å². The predicted octanol–water partition coefficient (Wildman–Crippen LogP) is 4.01. The average molecular weight is 289 g/mol. The molecular formula is C20H19NO. The Morgan fingerprint density at radius 1 is 0.909 bits per heavy atom. The van der Waals surface area contributed by atoms with Crippen LogP contribution in [0.4, 0.5) is 0 Å². The van der Waals surface area contributed by atoms with E-state index in [-0.39, 0.29) is 5.91 Å². The monoisotopic (exact) mass is 289 g/mol. The third-order valence-electron chi connectivity index (χ3n) is 3.84. The summed E-state index contributed by atoms with van der Waals surface area (Å²) in [7, 11) is 0. The van der Waals surface area contributed by atoms with Crippen molar-refractivity contribution in [2.45, 2.75) is 19.9 Å². The maximum atomic E-state index is 12.2. The summed E-state index contributed by atoms with van der Waals surface area (Å²) >= 11 is 0. The molecule has 2 heteroatoms. The number of carbonyl (C=O) groups excluding carboxylic acids is 1. The summed E-state index contributed by atoms with van der Waals surface area (Å²) in [4.78, 5) is 12.2. The van der Waals surface area contributed by atoms with Crippen molar-refractivity contribution >= 4 is 16.7 Å². The fourth-order valence-electron chi connectivity index (χ4n) is 2.59. The van der Waals surface area contributed by atoms with Gasteiger partial charge in [-0.2, -0.15) is 0 Å². The van der Waals surface area contributed by atoms with Crippen molar-refractivity contribution in [1.29, 1.82) is 0 Å². The highest BCUT2D eigenvalue weighted by Crippen LogP contribution is 2.18. The molecule has 110 valence electrons. The zero-order chi connectivity index (χ0) is 15.4. The number of benzene rings is 3. The molecule has 0 saturated carbocycles. The van der Waals surface area contributed by atoms with Gasteiger partial charge < -0.3 is 5.32 Å². The molecule has 0 aromatic heterocycles. The first kappa shape index (κ1) is 14.3. The van der Waals surface area contributed by atoms with E-state index in [9.17, 15) is 4.79 Å². The van der Waals surface area contributed by atoms with Gasteiger partial charge in [-0.3, -0.25) is 4.79 Å². The second-order valence-electron chi connectivity index (χ2n) is 5.58. The number of rotatable bonds is 4. The molecular weight excluding hydrogens is 270 g/mol. The van der Waals surface area contributed by atoms with Crippen LogP contribution in [0.5, 0.6) is 0 Å². The quantitative estimate of drug-likeness (QED) is 0.772. The van der Waals surface area contributed by atoms with E-state index in [1.165, 1.54) is 10.9 Å². The number of fused-ring (bicyclic) bond motifs is 1. The van der Waals surface area contributed by atoms with Gasteiger partial charge in [-0.15, -0.1) is 0 Å². The van der Waals surface area contributed by atoms with Gasteiger partial charge >= 0.3 is 0 Å². The number of aryl methyl sites for hydroxylation is 1. The number of nitrogens with one attached hydrogen (secondary N) is 1. The van der Waals surface area contributed by atoms with Crippen molar-refractivity contribution in [1.82, 2.24) is 5.32 Å². The van der Waals surface area contributed by atoms with Crippen LogP contribution in [0.25, 0.3) is 10.8 Å². The fraction of sp³-hybridized carbons (Fsp3) is 0.150. The highest BCUT2D eigenvalue weighted by molar-refractivity contribution is 5.90. The second kappa shape index (κ2) is 6.44. The first-order valence-corrected chi connectivity index (χ1v) is 7.51. The third-order valence-corrected chi connectivity index (χ3v) is 3.84. The molecule has 0 heterocycles. The summed E-state index contributed by atoms with van der Waals surface area (Å²) in [5.41, 5.74) is 3.42. The lowest BCUT2D eigenvalue weighted by molar-refractivity contribution is -0.120. The minimum Gasteiger partial charge on any atom is -0.352 e. The molecule has 2 nitrogen and oxygen atoms in total. The number of carbonyl (C=O) groups is 1. The van der Waals surface area contributed by atoms with Gasteiger partial charge in [0.15, 0.2) is 0 Å².